The number of hydrogen-bond acceptors (Lipinski definition) is 6. The summed E-state index contributed by atoms with van der Waals surface area (Å²) in [4.78, 5) is 23.1. The van der Waals surface area contributed by atoms with E-state index in [4.69, 9.17) is 5.11 Å². The third-order valence-corrected chi connectivity index (χ3v) is 3.27. The first-order valence-corrected chi connectivity index (χ1v) is 7.48. The normalized spacial score (nSPS) is 10.4. The van der Waals surface area contributed by atoms with Gasteiger partial charge in [-0.2, -0.15) is 4.98 Å². The minimum atomic E-state index is -1.09. The third kappa shape index (κ3) is 4.26. The van der Waals surface area contributed by atoms with Crippen LogP contribution in [0.25, 0.3) is 11.3 Å². The minimum absolute atomic E-state index is 0.0214. The van der Waals surface area contributed by atoms with E-state index in [9.17, 15) is 13.6 Å². The number of carboxylic acid groups (broad SMARTS) is 1. The van der Waals surface area contributed by atoms with Gasteiger partial charge in [0.05, 0.1) is 11.4 Å². The van der Waals surface area contributed by atoms with Gasteiger partial charge in [-0.05, 0) is 24.3 Å². The molecule has 2 heterocycles. The lowest BCUT2D eigenvalue weighted by Crippen LogP contribution is -2.15. The molecule has 1 aromatic carbocycles. The summed E-state index contributed by atoms with van der Waals surface area (Å²) in [5, 5.41) is 14.0. The van der Waals surface area contributed by atoms with Crippen LogP contribution in [0.15, 0.2) is 48.8 Å². The summed E-state index contributed by atoms with van der Waals surface area (Å²) in [5.74, 6) is -2.18. The van der Waals surface area contributed by atoms with Crippen LogP contribution < -0.4 is 10.6 Å². The van der Waals surface area contributed by atoms with E-state index in [0.29, 0.717) is 11.3 Å². The number of pyridine rings is 1. The molecule has 7 nitrogen and oxygen atoms in total. The first kappa shape index (κ1) is 17.2. The highest BCUT2D eigenvalue weighted by Gasteiger charge is 2.11. The largest absolute Gasteiger partial charge is 0.480 e. The van der Waals surface area contributed by atoms with Gasteiger partial charge in [-0.15, -0.1) is 0 Å². The average molecular weight is 357 g/mol. The molecule has 0 fully saturated rings. The van der Waals surface area contributed by atoms with Crippen LogP contribution in [-0.2, 0) is 4.79 Å². The smallest absolute Gasteiger partial charge is 0.322 e. The van der Waals surface area contributed by atoms with E-state index in [0.717, 1.165) is 18.2 Å². The van der Waals surface area contributed by atoms with Crippen LogP contribution in [0.5, 0.6) is 0 Å². The Bertz CT molecular complexity index is 938. The van der Waals surface area contributed by atoms with Gasteiger partial charge in [0.1, 0.15) is 24.0 Å². The van der Waals surface area contributed by atoms with Crippen LogP contribution in [0.1, 0.15) is 0 Å². The molecule has 9 heteroatoms. The van der Waals surface area contributed by atoms with Crippen molar-refractivity contribution in [1.82, 2.24) is 15.0 Å². The quantitative estimate of drug-likeness (QED) is 0.623. The molecule has 0 atom stereocenters. The molecule has 3 N–H and O–H groups in total. The Kier molecular flexibility index (Phi) is 4.97. The molecular formula is C17H13F2N5O2. The number of halogens is 2. The zero-order valence-corrected chi connectivity index (χ0v) is 13.3. The Morgan fingerprint density at radius 2 is 2.00 bits per heavy atom. The number of rotatable bonds is 6. The summed E-state index contributed by atoms with van der Waals surface area (Å²) in [6, 6.07) is 7.97. The number of nitrogens with one attached hydrogen (secondary N) is 2. The van der Waals surface area contributed by atoms with Crippen molar-refractivity contribution in [3.8, 4) is 11.3 Å². The second-order valence-electron chi connectivity index (χ2n) is 5.20. The van der Waals surface area contributed by atoms with Crippen LogP contribution in [0.4, 0.5) is 26.2 Å². The van der Waals surface area contributed by atoms with Crippen molar-refractivity contribution in [3.05, 3.63) is 60.4 Å². The zero-order chi connectivity index (χ0) is 18.5. The molecule has 0 aliphatic rings. The summed E-state index contributed by atoms with van der Waals surface area (Å²) in [6.07, 6.45) is 3.16. The topological polar surface area (TPSA) is 100 Å². The van der Waals surface area contributed by atoms with Crippen molar-refractivity contribution in [2.75, 3.05) is 17.2 Å². The van der Waals surface area contributed by atoms with E-state index in [1.807, 2.05) is 0 Å². The summed E-state index contributed by atoms with van der Waals surface area (Å²) < 4.78 is 27.2. The number of aliphatic carboxylic acids is 1. The highest BCUT2D eigenvalue weighted by Crippen LogP contribution is 2.24. The van der Waals surface area contributed by atoms with E-state index in [-0.39, 0.29) is 17.5 Å². The van der Waals surface area contributed by atoms with Crippen LogP contribution in [0, 0.1) is 11.6 Å². The summed E-state index contributed by atoms with van der Waals surface area (Å²) in [7, 11) is 0. The molecule has 0 bridgehead atoms. The maximum atomic E-state index is 13.9. The van der Waals surface area contributed by atoms with Crippen molar-refractivity contribution in [2.45, 2.75) is 0 Å². The van der Waals surface area contributed by atoms with Gasteiger partial charge in [0, 0.05) is 30.1 Å². The second kappa shape index (κ2) is 7.51. The monoisotopic (exact) mass is 357 g/mol. The molecule has 0 spiro atoms. The molecular weight excluding hydrogens is 344 g/mol. The van der Waals surface area contributed by atoms with E-state index >= 15 is 0 Å². The predicted molar refractivity (Wildman–Crippen MR) is 91.0 cm³/mol. The van der Waals surface area contributed by atoms with E-state index in [1.54, 1.807) is 24.5 Å². The number of hydrogen-bond donors (Lipinski definition) is 3. The number of aromatic nitrogens is 3. The zero-order valence-electron chi connectivity index (χ0n) is 13.3. The maximum Gasteiger partial charge on any atom is 0.322 e. The predicted octanol–water partition coefficient (Wildman–Crippen LogP) is 3.06. The average Bonchev–Trinajstić information content (AvgIpc) is 2.63. The van der Waals surface area contributed by atoms with Gasteiger partial charge in [0.2, 0.25) is 5.95 Å². The Balaban J connectivity index is 1.98. The number of anilines is 3. The van der Waals surface area contributed by atoms with Gasteiger partial charge in [-0.25, -0.2) is 13.8 Å². The fraction of sp³-hybridized carbons (Fsp3) is 0.0588. The van der Waals surface area contributed by atoms with Crippen molar-refractivity contribution in [2.24, 2.45) is 0 Å². The lowest BCUT2D eigenvalue weighted by molar-refractivity contribution is -0.134. The number of carboxylic acids is 1. The Labute approximate surface area is 146 Å². The molecule has 3 aromatic rings. The van der Waals surface area contributed by atoms with Gasteiger partial charge in [-0.3, -0.25) is 9.78 Å². The van der Waals surface area contributed by atoms with Crippen LogP contribution in [0.2, 0.25) is 0 Å². The van der Waals surface area contributed by atoms with E-state index < -0.39 is 24.1 Å². The highest BCUT2D eigenvalue weighted by atomic mass is 19.1. The van der Waals surface area contributed by atoms with E-state index in [1.165, 1.54) is 6.07 Å². The molecule has 0 saturated heterocycles. The van der Waals surface area contributed by atoms with Crippen molar-refractivity contribution in [1.29, 1.82) is 0 Å². The van der Waals surface area contributed by atoms with Gasteiger partial charge >= 0.3 is 5.97 Å². The summed E-state index contributed by atoms with van der Waals surface area (Å²) >= 11 is 0. The van der Waals surface area contributed by atoms with Gasteiger partial charge < -0.3 is 15.7 Å². The second-order valence-corrected chi connectivity index (χ2v) is 5.20. The first-order chi connectivity index (χ1) is 12.5. The molecule has 132 valence electrons. The fourth-order valence-corrected chi connectivity index (χ4v) is 2.14. The summed E-state index contributed by atoms with van der Waals surface area (Å²) in [6.45, 7) is -0.399. The van der Waals surface area contributed by atoms with Gasteiger partial charge in [0.15, 0.2) is 0 Å². The first-order valence-electron chi connectivity index (χ1n) is 7.48. The molecule has 26 heavy (non-hydrogen) atoms. The van der Waals surface area contributed by atoms with Gasteiger partial charge in [0.25, 0.3) is 0 Å². The molecule has 3 rings (SSSR count). The molecule has 0 radical (unpaired) electrons. The molecule has 0 unspecified atom stereocenters. The number of nitrogens with zero attached hydrogens (tertiary/aromatic N) is 3. The Morgan fingerprint density at radius 1 is 1.15 bits per heavy atom. The highest BCUT2D eigenvalue weighted by molar-refractivity contribution is 5.73. The molecule has 0 aliphatic carbocycles. The third-order valence-electron chi connectivity index (χ3n) is 3.27. The van der Waals surface area contributed by atoms with Crippen LogP contribution in [0.3, 0.4) is 0 Å². The lowest BCUT2D eigenvalue weighted by atomic mass is 10.2. The SMILES string of the molecule is O=C(O)CNc1nc(Nc2cc(F)ccc2F)cc(-c2cccnc2)n1. The van der Waals surface area contributed by atoms with Crippen molar-refractivity contribution in [3.63, 3.8) is 0 Å². The standard InChI is InChI=1S/C17H13F2N5O2/c18-11-3-4-12(19)14(6-11)22-15-7-13(10-2-1-5-20-8-10)23-17(24-15)21-9-16(25)26/h1-8H,9H2,(H,25,26)(H2,21,22,23,24). The molecule has 2 aromatic heterocycles. The Hall–Kier alpha value is -3.62. The number of carbonyl (C=O) groups is 1. The Morgan fingerprint density at radius 3 is 2.73 bits per heavy atom. The fourth-order valence-electron chi connectivity index (χ4n) is 2.14. The minimum Gasteiger partial charge on any atom is -0.480 e. The van der Waals surface area contributed by atoms with Gasteiger partial charge in [-0.1, -0.05) is 0 Å². The van der Waals surface area contributed by atoms with Crippen molar-refractivity contribution < 1.29 is 18.7 Å². The number of benzene rings is 1. The van der Waals surface area contributed by atoms with E-state index in [2.05, 4.69) is 25.6 Å². The lowest BCUT2D eigenvalue weighted by Gasteiger charge is -2.11. The maximum absolute atomic E-state index is 13.9. The molecule has 0 aliphatic heterocycles. The van der Waals surface area contributed by atoms with Crippen molar-refractivity contribution >= 4 is 23.4 Å². The van der Waals surface area contributed by atoms with Crippen LogP contribution >= 0.6 is 0 Å². The molecule has 0 amide bonds. The molecule has 0 saturated carbocycles. The van der Waals surface area contributed by atoms with Crippen LogP contribution in [-0.4, -0.2) is 32.6 Å². The summed E-state index contributed by atoms with van der Waals surface area (Å²) in [5.41, 5.74) is 0.973.